The van der Waals surface area contributed by atoms with Gasteiger partial charge in [0.05, 0.1) is 5.56 Å². The highest BCUT2D eigenvalue weighted by Gasteiger charge is 2.25. The number of thiophene rings is 1. The summed E-state index contributed by atoms with van der Waals surface area (Å²) in [4.78, 5) is 13.2. The maximum absolute atomic E-state index is 12.3. The van der Waals surface area contributed by atoms with E-state index >= 15 is 0 Å². The van der Waals surface area contributed by atoms with Gasteiger partial charge >= 0.3 is 5.97 Å². The van der Waals surface area contributed by atoms with Crippen molar-refractivity contribution in [2.24, 2.45) is 0 Å². The summed E-state index contributed by atoms with van der Waals surface area (Å²) < 4.78 is 5.42. The molecular formula is C16H18ClNO2S. The number of carbonyl (C=O) groups is 1. The molecule has 0 bridgehead atoms. The molecule has 0 aliphatic carbocycles. The Hall–Kier alpha value is -1.52. The monoisotopic (exact) mass is 323 g/mol. The van der Waals surface area contributed by atoms with Crippen LogP contribution in [0, 0.1) is 6.92 Å². The molecule has 0 aliphatic heterocycles. The molecule has 0 fully saturated rings. The van der Waals surface area contributed by atoms with Crippen LogP contribution in [0.3, 0.4) is 0 Å². The van der Waals surface area contributed by atoms with Crippen LogP contribution in [0.1, 0.15) is 36.7 Å². The summed E-state index contributed by atoms with van der Waals surface area (Å²) in [6.07, 6.45) is 0. The predicted molar refractivity (Wildman–Crippen MR) is 89.1 cm³/mol. The Morgan fingerprint density at radius 1 is 1.24 bits per heavy atom. The third-order valence-electron chi connectivity index (χ3n) is 2.88. The minimum atomic E-state index is -0.543. The van der Waals surface area contributed by atoms with Gasteiger partial charge in [-0.1, -0.05) is 23.7 Å². The van der Waals surface area contributed by atoms with Gasteiger partial charge in [-0.3, -0.25) is 0 Å². The molecule has 0 saturated heterocycles. The van der Waals surface area contributed by atoms with E-state index in [0.717, 1.165) is 16.0 Å². The molecule has 0 radical (unpaired) electrons. The molecule has 21 heavy (non-hydrogen) atoms. The Balaban J connectivity index is 2.42. The molecule has 2 N–H and O–H groups in total. The van der Waals surface area contributed by atoms with Crippen LogP contribution in [-0.4, -0.2) is 11.6 Å². The lowest BCUT2D eigenvalue weighted by atomic mass is 10.1. The van der Waals surface area contributed by atoms with Crippen molar-refractivity contribution in [2.45, 2.75) is 33.3 Å². The van der Waals surface area contributed by atoms with E-state index in [1.165, 1.54) is 11.3 Å². The van der Waals surface area contributed by atoms with Crippen molar-refractivity contribution in [1.29, 1.82) is 0 Å². The first-order chi connectivity index (χ1) is 9.69. The summed E-state index contributed by atoms with van der Waals surface area (Å²) in [7, 11) is 0. The molecule has 1 aromatic carbocycles. The van der Waals surface area contributed by atoms with E-state index in [1.807, 2.05) is 52.0 Å². The molecule has 0 spiro atoms. The lowest BCUT2D eigenvalue weighted by Crippen LogP contribution is -2.24. The Bertz CT molecular complexity index is 669. The maximum Gasteiger partial charge on any atom is 0.341 e. The molecular weight excluding hydrogens is 306 g/mol. The van der Waals surface area contributed by atoms with Crippen LogP contribution in [0.5, 0.6) is 0 Å². The second kappa shape index (κ2) is 5.70. The van der Waals surface area contributed by atoms with Crippen molar-refractivity contribution in [3.05, 3.63) is 40.4 Å². The number of halogens is 1. The van der Waals surface area contributed by atoms with Gasteiger partial charge in [0.1, 0.15) is 10.6 Å². The molecule has 3 nitrogen and oxygen atoms in total. The fourth-order valence-corrected chi connectivity index (χ4v) is 3.19. The molecule has 0 unspecified atom stereocenters. The van der Waals surface area contributed by atoms with Crippen molar-refractivity contribution >= 4 is 33.9 Å². The number of nitrogens with two attached hydrogens (primary N) is 1. The van der Waals surface area contributed by atoms with Crippen molar-refractivity contribution in [1.82, 2.24) is 0 Å². The van der Waals surface area contributed by atoms with Crippen LogP contribution >= 0.6 is 22.9 Å². The molecule has 2 rings (SSSR count). The van der Waals surface area contributed by atoms with E-state index in [1.54, 1.807) is 0 Å². The Labute approximate surface area is 133 Å². The fraction of sp³-hybridized carbons (Fsp3) is 0.312. The molecule has 0 aliphatic rings. The van der Waals surface area contributed by atoms with Crippen molar-refractivity contribution in [2.75, 3.05) is 5.73 Å². The van der Waals surface area contributed by atoms with Crippen LogP contribution in [-0.2, 0) is 4.74 Å². The van der Waals surface area contributed by atoms with Crippen LogP contribution < -0.4 is 5.73 Å². The zero-order valence-corrected chi connectivity index (χ0v) is 14.1. The molecule has 2 aromatic rings. The van der Waals surface area contributed by atoms with Gasteiger partial charge in [-0.05, 0) is 51.0 Å². The number of ether oxygens (including phenoxy) is 1. The summed E-state index contributed by atoms with van der Waals surface area (Å²) in [6.45, 7) is 7.39. The van der Waals surface area contributed by atoms with E-state index in [4.69, 9.17) is 22.1 Å². The third kappa shape index (κ3) is 3.57. The fourth-order valence-electron chi connectivity index (χ4n) is 2.00. The molecule has 5 heteroatoms. The van der Waals surface area contributed by atoms with Crippen molar-refractivity contribution in [3.63, 3.8) is 0 Å². The highest BCUT2D eigenvalue weighted by Crippen LogP contribution is 2.39. The standard InChI is InChI=1S/C16H18ClNO2S/c1-9-12(15(19)20-16(2,3)4)14(18)21-13(9)10-5-7-11(17)8-6-10/h5-8H,18H2,1-4H3. The SMILES string of the molecule is Cc1c(-c2ccc(Cl)cc2)sc(N)c1C(=O)OC(C)(C)C. The van der Waals surface area contributed by atoms with Crippen LogP contribution in [0.4, 0.5) is 5.00 Å². The number of hydrogen-bond donors (Lipinski definition) is 1. The number of anilines is 1. The first-order valence-electron chi connectivity index (χ1n) is 6.57. The normalized spacial score (nSPS) is 11.5. The Morgan fingerprint density at radius 2 is 1.81 bits per heavy atom. The average molecular weight is 324 g/mol. The number of hydrogen-bond acceptors (Lipinski definition) is 4. The summed E-state index contributed by atoms with van der Waals surface area (Å²) in [5.74, 6) is -0.381. The minimum absolute atomic E-state index is 0.381. The average Bonchev–Trinajstić information content (AvgIpc) is 2.63. The van der Waals surface area contributed by atoms with Gasteiger partial charge in [0, 0.05) is 9.90 Å². The molecule has 0 atom stereocenters. The van der Waals surface area contributed by atoms with E-state index in [0.29, 0.717) is 15.6 Å². The van der Waals surface area contributed by atoms with Gasteiger partial charge in [0.15, 0.2) is 0 Å². The Kier molecular flexibility index (Phi) is 4.30. The largest absolute Gasteiger partial charge is 0.456 e. The van der Waals surface area contributed by atoms with Gasteiger partial charge in [0.2, 0.25) is 0 Å². The van der Waals surface area contributed by atoms with Gasteiger partial charge in [-0.25, -0.2) is 4.79 Å². The van der Waals surface area contributed by atoms with Gasteiger partial charge in [-0.15, -0.1) is 11.3 Å². The molecule has 0 amide bonds. The quantitative estimate of drug-likeness (QED) is 0.798. The van der Waals surface area contributed by atoms with Gasteiger partial charge in [-0.2, -0.15) is 0 Å². The zero-order chi connectivity index (χ0) is 15.8. The molecule has 1 heterocycles. The topological polar surface area (TPSA) is 52.3 Å². The molecule has 1 aromatic heterocycles. The van der Waals surface area contributed by atoms with Crippen molar-refractivity contribution < 1.29 is 9.53 Å². The highest BCUT2D eigenvalue weighted by atomic mass is 35.5. The smallest absolute Gasteiger partial charge is 0.341 e. The lowest BCUT2D eigenvalue weighted by molar-refractivity contribution is 0.00706. The predicted octanol–water partition coefficient (Wildman–Crippen LogP) is 4.91. The van der Waals surface area contributed by atoms with Gasteiger partial charge in [0.25, 0.3) is 0 Å². The van der Waals surface area contributed by atoms with E-state index < -0.39 is 5.60 Å². The molecule has 112 valence electrons. The van der Waals surface area contributed by atoms with Crippen molar-refractivity contribution in [3.8, 4) is 10.4 Å². The van der Waals surface area contributed by atoms with E-state index in [2.05, 4.69) is 0 Å². The minimum Gasteiger partial charge on any atom is -0.456 e. The van der Waals surface area contributed by atoms with Crippen LogP contribution in [0.2, 0.25) is 5.02 Å². The zero-order valence-electron chi connectivity index (χ0n) is 12.5. The first-order valence-corrected chi connectivity index (χ1v) is 7.76. The number of carbonyl (C=O) groups excluding carboxylic acids is 1. The number of esters is 1. The summed E-state index contributed by atoms with van der Waals surface area (Å²) in [6, 6.07) is 7.47. The highest BCUT2D eigenvalue weighted by molar-refractivity contribution is 7.19. The second-order valence-electron chi connectivity index (χ2n) is 5.80. The lowest BCUT2D eigenvalue weighted by Gasteiger charge is -2.19. The third-order valence-corrected chi connectivity index (χ3v) is 4.31. The summed E-state index contributed by atoms with van der Waals surface area (Å²) in [5, 5.41) is 1.15. The number of nitrogen functional groups attached to an aromatic ring is 1. The second-order valence-corrected chi connectivity index (χ2v) is 7.29. The molecule has 0 saturated carbocycles. The number of benzene rings is 1. The summed E-state index contributed by atoms with van der Waals surface area (Å²) in [5.41, 5.74) is 7.77. The first kappa shape index (κ1) is 15.9. The number of rotatable bonds is 2. The van der Waals surface area contributed by atoms with E-state index in [-0.39, 0.29) is 5.97 Å². The van der Waals surface area contributed by atoms with Crippen LogP contribution in [0.25, 0.3) is 10.4 Å². The Morgan fingerprint density at radius 3 is 2.33 bits per heavy atom. The maximum atomic E-state index is 12.3. The van der Waals surface area contributed by atoms with E-state index in [9.17, 15) is 4.79 Å². The van der Waals surface area contributed by atoms with Crippen LogP contribution in [0.15, 0.2) is 24.3 Å². The van der Waals surface area contributed by atoms with Gasteiger partial charge < -0.3 is 10.5 Å². The summed E-state index contributed by atoms with van der Waals surface area (Å²) >= 11 is 7.29.